The number of carbonyl (C=O) groups excluding carboxylic acids is 1. The van der Waals surface area contributed by atoms with Crippen molar-refractivity contribution in [3.8, 4) is 0 Å². The zero-order valence-corrected chi connectivity index (χ0v) is 13.8. The van der Waals surface area contributed by atoms with Gasteiger partial charge in [-0.05, 0) is 43.2 Å². The van der Waals surface area contributed by atoms with Crippen LogP contribution >= 0.6 is 11.6 Å². The molecule has 4 nitrogen and oxygen atoms in total. The van der Waals surface area contributed by atoms with Crippen LogP contribution in [0.15, 0.2) is 12.1 Å². The molecule has 1 unspecified atom stereocenters. The van der Waals surface area contributed by atoms with Crippen LogP contribution in [0.5, 0.6) is 0 Å². The summed E-state index contributed by atoms with van der Waals surface area (Å²) in [6, 6.07) is 3.50. The summed E-state index contributed by atoms with van der Waals surface area (Å²) >= 11 is 6.15. The van der Waals surface area contributed by atoms with Crippen molar-refractivity contribution < 1.29 is 4.79 Å². The molecular formula is C16H24ClN3O. The number of hydrogen-bond acceptors (Lipinski definition) is 3. The van der Waals surface area contributed by atoms with E-state index in [0.717, 1.165) is 25.9 Å². The molecule has 2 heterocycles. The van der Waals surface area contributed by atoms with Gasteiger partial charge in [0, 0.05) is 20.1 Å². The molecule has 116 valence electrons. The molecule has 1 aromatic heterocycles. The molecule has 0 aromatic carbocycles. The molecule has 1 aromatic rings. The molecule has 21 heavy (non-hydrogen) atoms. The van der Waals surface area contributed by atoms with Gasteiger partial charge in [-0.2, -0.15) is 0 Å². The Balaban J connectivity index is 2.13. The highest BCUT2D eigenvalue weighted by Crippen LogP contribution is 2.26. The van der Waals surface area contributed by atoms with E-state index in [1.807, 2.05) is 4.90 Å². The number of aromatic nitrogens is 1. The minimum Gasteiger partial charge on any atom is -0.373 e. The van der Waals surface area contributed by atoms with Crippen molar-refractivity contribution in [1.82, 2.24) is 9.88 Å². The number of carbonyl (C=O) groups is 1. The highest BCUT2D eigenvalue weighted by Gasteiger charge is 2.25. The minimum absolute atomic E-state index is 0.0542. The van der Waals surface area contributed by atoms with E-state index in [1.165, 1.54) is 6.42 Å². The van der Waals surface area contributed by atoms with Gasteiger partial charge in [-0.15, -0.1) is 0 Å². The zero-order valence-electron chi connectivity index (χ0n) is 13.0. The Bertz CT molecular complexity index is 504. The lowest BCUT2D eigenvalue weighted by molar-refractivity contribution is 0.0753. The lowest BCUT2D eigenvalue weighted by atomic mass is 9.89. The molecule has 2 rings (SSSR count). The molecule has 1 aliphatic rings. The Morgan fingerprint density at radius 1 is 1.38 bits per heavy atom. The standard InChI is InChI=1S/C16H24ClN3O/c1-11(2)12-5-4-9-20(10-8-12)16(21)15-13(17)6-7-14(18-3)19-15/h6-7,11-12H,4-5,8-10H2,1-3H3,(H,18,19). The summed E-state index contributed by atoms with van der Waals surface area (Å²) in [5, 5.41) is 3.37. The van der Waals surface area contributed by atoms with Crippen molar-refractivity contribution in [2.45, 2.75) is 33.1 Å². The molecule has 0 aliphatic carbocycles. The molecule has 1 fully saturated rings. The van der Waals surface area contributed by atoms with Gasteiger partial charge in [0.15, 0.2) is 0 Å². The third-order valence-corrected chi connectivity index (χ3v) is 4.61. The van der Waals surface area contributed by atoms with Crippen LogP contribution in [-0.2, 0) is 0 Å². The fourth-order valence-electron chi connectivity index (χ4n) is 2.87. The smallest absolute Gasteiger partial charge is 0.274 e. The molecule has 0 radical (unpaired) electrons. The molecule has 5 heteroatoms. The second kappa shape index (κ2) is 7.12. The van der Waals surface area contributed by atoms with E-state index in [0.29, 0.717) is 28.4 Å². The van der Waals surface area contributed by atoms with Crippen LogP contribution in [0.3, 0.4) is 0 Å². The lowest BCUT2D eigenvalue weighted by Crippen LogP contribution is -2.33. The Kier molecular flexibility index (Phi) is 5.45. The van der Waals surface area contributed by atoms with Gasteiger partial charge >= 0.3 is 0 Å². The monoisotopic (exact) mass is 309 g/mol. The summed E-state index contributed by atoms with van der Waals surface area (Å²) in [5.41, 5.74) is 0.353. The Hall–Kier alpha value is -1.29. The molecule has 1 atom stereocenters. The summed E-state index contributed by atoms with van der Waals surface area (Å²) < 4.78 is 0. The van der Waals surface area contributed by atoms with Gasteiger partial charge in [-0.1, -0.05) is 25.4 Å². The van der Waals surface area contributed by atoms with Crippen molar-refractivity contribution in [3.63, 3.8) is 0 Å². The number of pyridine rings is 1. The first-order valence-electron chi connectivity index (χ1n) is 7.66. The predicted octanol–water partition coefficient (Wildman–Crippen LogP) is 3.68. The van der Waals surface area contributed by atoms with E-state index in [-0.39, 0.29) is 5.91 Å². The van der Waals surface area contributed by atoms with E-state index in [1.54, 1.807) is 19.2 Å². The normalized spacial score (nSPS) is 19.5. The molecule has 0 bridgehead atoms. The number of likely N-dealkylation sites (tertiary alicyclic amines) is 1. The molecule has 1 amide bonds. The number of nitrogens with one attached hydrogen (secondary N) is 1. The fraction of sp³-hybridized carbons (Fsp3) is 0.625. The van der Waals surface area contributed by atoms with E-state index >= 15 is 0 Å². The fourth-order valence-corrected chi connectivity index (χ4v) is 3.06. The van der Waals surface area contributed by atoms with Crippen molar-refractivity contribution >= 4 is 23.3 Å². The molecule has 0 spiro atoms. The first-order valence-corrected chi connectivity index (χ1v) is 8.04. The highest BCUT2D eigenvalue weighted by atomic mass is 35.5. The summed E-state index contributed by atoms with van der Waals surface area (Å²) in [5.74, 6) is 1.99. The molecule has 1 aliphatic heterocycles. The summed E-state index contributed by atoms with van der Waals surface area (Å²) in [6.45, 7) is 6.11. The van der Waals surface area contributed by atoms with Gasteiger partial charge in [0.25, 0.3) is 5.91 Å². The number of amides is 1. The van der Waals surface area contributed by atoms with Gasteiger partial charge < -0.3 is 10.2 Å². The largest absolute Gasteiger partial charge is 0.373 e. The van der Waals surface area contributed by atoms with Gasteiger partial charge in [-0.25, -0.2) is 4.98 Å². The first-order chi connectivity index (χ1) is 10.0. The van der Waals surface area contributed by atoms with Crippen LogP contribution in [0, 0.1) is 11.8 Å². The first kappa shape index (κ1) is 16.1. The van der Waals surface area contributed by atoms with E-state index in [2.05, 4.69) is 24.1 Å². The third-order valence-electron chi connectivity index (χ3n) is 4.31. The average molecular weight is 310 g/mol. The Morgan fingerprint density at radius 3 is 2.81 bits per heavy atom. The minimum atomic E-state index is -0.0542. The van der Waals surface area contributed by atoms with Crippen LogP contribution in [0.4, 0.5) is 5.82 Å². The summed E-state index contributed by atoms with van der Waals surface area (Å²) in [4.78, 5) is 18.9. The number of nitrogens with zero attached hydrogens (tertiary/aromatic N) is 2. The van der Waals surface area contributed by atoms with Crippen LogP contribution in [-0.4, -0.2) is 35.9 Å². The van der Waals surface area contributed by atoms with Crippen LogP contribution in [0.25, 0.3) is 0 Å². The maximum Gasteiger partial charge on any atom is 0.274 e. The van der Waals surface area contributed by atoms with Crippen LogP contribution < -0.4 is 5.32 Å². The van der Waals surface area contributed by atoms with Crippen molar-refractivity contribution in [2.75, 3.05) is 25.5 Å². The van der Waals surface area contributed by atoms with Gasteiger partial charge in [0.1, 0.15) is 11.5 Å². The van der Waals surface area contributed by atoms with Crippen LogP contribution in [0.1, 0.15) is 43.6 Å². The number of anilines is 1. The van der Waals surface area contributed by atoms with Crippen LogP contribution in [0.2, 0.25) is 5.02 Å². The summed E-state index contributed by atoms with van der Waals surface area (Å²) in [7, 11) is 1.78. The third kappa shape index (κ3) is 3.88. The number of hydrogen-bond donors (Lipinski definition) is 1. The second-order valence-corrected chi connectivity index (χ2v) is 6.41. The van der Waals surface area contributed by atoms with Crippen molar-refractivity contribution in [3.05, 3.63) is 22.8 Å². The molecule has 0 saturated carbocycles. The Labute approximate surface area is 131 Å². The maximum atomic E-state index is 12.7. The van der Waals surface area contributed by atoms with E-state index in [4.69, 9.17) is 11.6 Å². The second-order valence-electron chi connectivity index (χ2n) is 6.00. The van der Waals surface area contributed by atoms with Gasteiger partial charge in [0.2, 0.25) is 0 Å². The zero-order chi connectivity index (χ0) is 15.4. The number of halogens is 1. The lowest BCUT2D eigenvalue weighted by Gasteiger charge is -2.21. The molecule has 1 N–H and O–H groups in total. The number of rotatable bonds is 3. The molecular weight excluding hydrogens is 286 g/mol. The van der Waals surface area contributed by atoms with E-state index < -0.39 is 0 Å². The Morgan fingerprint density at radius 2 is 2.14 bits per heavy atom. The van der Waals surface area contributed by atoms with Gasteiger partial charge in [0.05, 0.1) is 5.02 Å². The predicted molar refractivity (Wildman–Crippen MR) is 86.9 cm³/mol. The van der Waals surface area contributed by atoms with Gasteiger partial charge in [-0.3, -0.25) is 4.79 Å². The average Bonchev–Trinajstić information content (AvgIpc) is 2.73. The summed E-state index contributed by atoms with van der Waals surface area (Å²) in [6.07, 6.45) is 3.31. The topological polar surface area (TPSA) is 45.2 Å². The SMILES string of the molecule is CNc1ccc(Cl)c(C(=O)N2CCCC(C(C)C)CC2)n1. The molecule has 1 saturated heterocycles. The van der Waals surface area contributed by atoms with E-state index in [9.17, 15) is 4.79 Å². The maximum absolute atomic E-state index is 12.7. The highest BCUT2D eigenvalue weighted by molar-refractivity contribution is 6.33. The van der Waals surface area contributed by atoms with Crippen molar-refractivity contribution in [2.24, 2.45) is 11.8 Å². The quantitative estimate of drug-likeness (QED) is 0.926. The van der Waals surface area contributed by atoms with Crippen molar-refractivity contribution in [1.29, 1.82) is 0 Å².